The van der Waals surface area contributed by atoms with Gasteiger partial charge < -0.3 is 8.97 Å². The van der Waals surface area contributed by atoms with Crippen molar-refractivity contribution in [1.29, 1.82) is 0 Å². The number of unbranched alkanes of at least 4 members (excludes halogenated alkanes) is 16. The number of quaternary nitrogens is 2. The maximum atomic E-state index is 7.97. The number of rotatable bonds is 28. The smallest absolute Gasteiger partial charge is 0.137 e. The van der Waals surface area contributed by atoms with Crippen LogP contribution in [0.25, 0.3) is 0 Å². The van der Waals surface area contributed by atoms with Gasteiger partial charge in [-0.1, -0.05) is 105 Å². The van der Waals surface area contributed by atoms with E-state index in [4.69, 9.17) is 23.2 Å². The SMILES string of the molecule is CCCCCCCC[N+](C)(CCCCCC)CC1=C(C)C(C)(Cl)C(Cl)(C[N+](C)(CCCCCC)CCCCCCCC)C(C)=C1C. The molecule has 0 aromatic carbocycles. The molecule has 2 nitrogen and oxygen atoms in total. The monoisotopic (exact) mass is 685 g/mol. The van der Waals surface area contributed by atoms with Crippen molar-refractivity contribution in [1.82, 2.24) is 0 Å². The predicted molar refractivity (Wildman–Crippen MR) is 211 cm³/mol. The first-order chi connectivity index (χ1) is 21.8. The highest BCUT2D eigenvalue weighted by Gasteiger charge is 2.56. The fourth-order valence-electron chi connectivity index (χ4n) is 8.08. The van der Waals surface area contributed by atoms with Crippen LogP contribution in [0.15, 0.2) is 22.3 Å². The second kappa shape index (κ2) is 22.6. The van der Waals surface area contributed by atoms with Gasteiger partial charge in [-0.2, -0.15) is 0 Å². The first-order valence-corrected chi connectivity index (χ1v) is 21.0. The Labute approximate surface area is 300 Å². The molecule has 0 bridgehead atoms. The standard InChI is InChI=1S/C42H82Cl2N2/c1-11-15-19-23-25-29-32-45(9,31-27-21-17-13-3)35-40-37(5)38(6)42(44,41(8,43)39(40)7)36-46(10,33-28-22-18-14-4)34-30-26-24-20-16-12-2/h11-36H2,1-10H3/q+2. The van der Waals surface area contributed by atoms with E-state index < -0.39 is 9.75 Å². The molecule has 1 aliphatic carbocycles. The van der Waals surface area contributed by atoms with E-state index in [2.05, 4.69) is 69.5 Å². The van der Waals surface area contributed by atoms with Crippen molar-refractivity contribution in [2.24, 2.45) is 0 Å². The van der Waals surface area contributed by atoms with Crippen molar-refractivity contribution in [3.63, 3.8) is 0 Å². The van der Waals surface area contributed by atoms with Gasteiger partial charge in [0.25, 0.3) is 0 Å². The van der Waals surface area contributed by atoms with Crippen LogP contribution in [0.5, 0.6) is 0 Å². The summed E-state index contributed by atoms with van der Waals surface area (Å²) >= 11 is 15.8. The van der Waals surface area contributed by atoms with Crippen LogP contribution in [0.4, 0.5) is 0 Å². The zero-order valence-electron chi connectivity index (χ0n) is 33.0. The molecule has 4 heteroatoms. The lowest BCUT2D eigenvalue weighted by Gasteiger charge is -2.51. The van der Waals surface area contributed by atoms with Gasteiger partial charge in [-0.3, -0.25) is 0 Å². The molecule has 0 aromatic rings. The Bertz CT molecular complexity index is 892. The van der Waals surface area contributed by atoms with Crippen molar-refractivity contribution < 1.29 is 8.97 Å². The molecule has 0 heterocycles. The first-order valence-electron chi connectivity index (χ1n) is 20.2. The Morgan fingerprint density at radius 3 is 1.20 bits per heavy atom. The number of likely N-dealkylation sites (N-methyl/N-ethyl adjacent to an activating group) is 1. The lowest BCUT2D eigenvalue weighted by atomic mass is 9.71. The Morgan fingerprint density at radius 2 is 0.804 bits per heavy atom. The Kier molecular flexibility index (Phi) is 21.7. The number of nitrogens with zero attached hydrogens (tertiary/aromatic N) is 2. The summed E-state index contributed by atoms with van der Waals surface area (Å²) in [6.45, 7) is 25.4. The van der Waals surface area contributed by atoms with Gasteiger partial charge in [0, 0.05) is 5.57 Å². The molecule has 0 amide bonds. The van der Waals surface area contributed by atoms with Gasteiger partial charge in [0.15, 0.2) is 0 Å². The van der Waals surface area contributed by atoms with Gasteiger partial charge in [-0.25, -0.2) is 0 Å². The van der Waals surface area contributed by atoms with Crippen molar-refractivity contribution >= 4 is 23.2 Å². The molecule has 4 unspecified atom stereocenters. The number of hydrogen-bond donors (Lipinski definition) is 0. The molecule has 1 aliphatic rings. The minimum absolute atomic E-state index is 0.586. The highest BCUT2D eigenvalue weighted by molar-refractivity contribution is 6.38. The molecule has 0 saturated carbocycles. The summed E-state index contributed by atoms with van der Waals surface area (Å²) in [6.07, 6.45) is 26.7. The summed E-state index contributed by atoms with van der Waals surface area (Å²) in [7, 11) is 5.01. The molecule has 4 atom stereocenters. The van der Waals surface area contributed by atoms with Gasteiger partial charge in [0.2, 0.25) is 0 Å². The summed E-state index contributed by atoms with van der Waals surface area (Å²) in [5.74, 6) is 0. The lowest BCUT2D eigenvalue weighted by Crippen LogP contribution is -2.62. The van der Waals surface area contributed by atoms with E-state index in [1.807, 2.05) is 0 Å². The Morgan fingerprint density at radius 1 is 0.478 bits per heavy atom. The van der Waals surface area contributed by atoms with Crippen molar-refractivity contribution in [3.8, 4) is 0 Å². The third kappa shape index (κ3) is 14.1. The molecular formula is C42H82Cl2N2+2. The second-order valence-electron chi connectivity index (χ2n) is 16.3. The fraction of sp³-hybridized carbons (Fsp3) is 0.905. The highest BCUT2D eigenvalue weighted by atomic mass is 35.5. The molecule has 0 fully saturated rings. The van der Waals surface area contributed by atoms with Gasteiger partial charge in [0.05, 0.1) is 45.1 Å². The van der Waals surface area contributed by atoms with Crippen LogP contribution in [0, 0.1) is 0 Å². The topological polar surface area (TPSA) is 0 Å². The van der Waals surface area contributed by atoms with Crippen LogP contribution in [0.1, 0.15) is 184 Å². The van der Waals surface area contributed by atoms with Crippen LogP contribution in [-0.2, 0) is 0 Å². The summed E-state index contributed by atoms with van der Waals surface area (Å²) in [4.78, 5) is -1.19. The molecule has 0 N–H and O–H groups in total. The fourth-order valence-corrected chi connectivity index (χ4v) is 8.97. The van der Waals surface area contributed by atoms with E-state index >= 15 is 0 Å². The quantitative estimate of drug-likeness (QED) is 0.0437. The largest absolute Gasteiger partial charge is 0.324 e. The van der Waals surface area contributed by atoms with E-state index in [-0.39, 0.29) is 0 Å². The van der Waals surface area contributed by atoms with Crippen molar-refractivity contribution in [2.75, 3.05) is 53.4 Å². The van der Waals surface area contributed by atoms with Crippen molar-refractivity contribution in [3.05, 3.63) is 22.3 Å². The van der Waals surface area contributed by atoms with E-state index in [1.165, 1.54) is 177 Å². The zero-order valence-corrected chi connectivity index (χ0v) is 34.5. The van der Waals surface area contributed by atoms with E-state index in [9.17, 15) is 0 Å². The lowest BCUT2D eigenvalue weighted by molar-refractivity contribution is -0.911. The highest BCUT2D eigenvalue weighted by Crippen LogP contribution is 2.53. The van der Waals surface area contributed by atoms with Gasteiger partial charge in [-0.05, 0) is 95.8 Å². The predicted octanol–water partition coefficient (Wildman–Crippen LogP) is 13.4. The van der Waals surface area contributed by atoms with Crippen LogP contribution in [0.3, 0.4) is 0 Å². The van der Waals surface area contributed by atoms with Crippen LogP contribution in [0.2, 0.25) is 0 Å². The number of halogens is 2. The third-order valence-corrected chi connectivity index (χ3v) is 13.3. The summed E-state index contributed by atoms with van der Waals surface area (Å²) in [5.41, 5.74) is 5.56. The number of hydrogen-bond acceptors (Lipinski definition) is 0. The van der Waals surface area contributed by atoms with Gasteiger partial charge in [-0.15, -0.1) is 23.2 Å². The summed E-state index contributed by atoms with van der Waals surface area (Å²) in [5, 5.41) is 0. The summed E-state index contributed by atoms with van der Waals surface area (Å²) in [6, 6.07) is 0. The number of alkyl halides is 2. The van der Waals surface area contributed by atoms with E-state index in [1.54, 1.807) is 0 Å². The molecule has 0 spiro atoms. The van der Waals surface area contributed by atoms with Crippen LogP contribution < -0.4 is 0 Å². The Balaban J connectivity index is 3.28. The Hall–Kier alpha value is -0.0200. The summed E-state index contributed by atoms with van der Waals surface area (Å²) < 4.78 is 2.15. The third-order valence-electron chi connectivity index (χ3n) is 11.9. The molecule has 0 aliphatic heterocycles. The molecule has 0 saturated heterocycles. The van der Waals surface area contributed by atoms with E-state index in [0.29, 0.717) is 0 Å². The first kappa shape index (κ1) is 44.0. The second-order valence-corrected chi connectivity index (χ2v) is 17.7. The maximum absolute atomic E-state index is 7.97. The van der Waals surface area contributed by atoms with Crippen molar-refractivity contribution in [2.45, 2.75) is 194 Å². The van der Waals surface area contributed by atoms with Gasteiger partial charge in [0.1, 0.15) is 18.0 Å². The molecule has 0 aromatic heterocycles. The zero-order chi connectivity index (χ0) is 34.7. The molecule has 1 rings (SSSR count). The average Bonchev–Trinajstić information content (AvgIpc) is 3.02. The molecule has 46 heavy (non-hydrogen) atoms. The molecule has 272 valence electrons. The van der Waals surface area contributed by atoms with Gasteiger partial charge >= 0.3 is 0 Å². The normalized spacial score (nSPS) is 23.2. The molecular weight excluding hydrogens is 603 g/mol. The average molecular weight is 686 g/mol. The minimum Gasteiger partial charge on any atom is -0.324 e. The minimum atomic E-state index is -0.606. The maximum Gasteiger partial charge on any atom is 0.137 e. The number of allylic oxidation sites excluding steroid dienone is 1. The van der Waals surface area contributed by atoms with E-state index in [0.717, 1.165) is 22.1 Å². The van der Waals surface area contributed by atoms with Crippen LogP contribution >= 0.6 is 23.2 Å². The molecule has 0 radical (unpaired) electrons. The van der Waals surface area contributed by atoms with Crippen LogP contribution in [-0.4, -0.2) is 72.1 Å².